The summed E-state index contributed by atoms with van der Waals surface area (Å²) in [5.41, 5.74) is 5.76. The van der Waals surface area contributed by atoms with Crippen LogP contribution in [0.3, 0.4) is 0 Å². The zero-order chi connectivity index (χ0) is 10.6. The van der Waals surface area contributed by atoms with E-state index in [1.807, 2.05) is 30.3 Å². The van der Waals surface area contributed by atoms with Crippen molar-refractivity contribution in [1.82, 2.24) is 0 Å². The van der Waals surface area contributed by atoms with E-state index < -0.39 is 5.41 Å². The first kappa shape index (κ1) is 10.7. The predicted molar refractivity (Wildman–Crippen MR) is 54.9 cm³/mol. The van der Waals surface area contributed by atoms with Crippen molar-refractivity contribution in [2.24, 2.45) is 5.73 Å². The second kappa shape index (κ2) is 4.24. The van der Waals surface area contributed by atoms with Gasteiger partial charge in [-0.25, -0.2) is 0 Å². The highest BCUT2D eigenvalue weighted by Gasteiger charge is 2.34. The van der Waals surface area contributed by atoms with Crippen molar-refractivity contribution >= 4 is 5.97 Å². The fourth-order valence-electron chi connectivity index (χ4n) is 1.35. The minimum atomic E-state index is -0.740. The molecule has 0 aliphatic carbocycles. The molecule has 1 aromatic rings. The van der Waals surface area contributed by atoms with Crippen LogP contribution in [0.1, 0.15) is 12.5 Å². The third-order valence-corrected chi connectivity index (χ3v) is 2.46. The van der Waals surface area contributed by atoms with E-state index in [4.69, 9.17) is 10.5 Å². The highest BCUT2D eigenvalue weighted by molar-refractivity contribution is 5.82. The van der Waals surface area contributed by atoms with Crippen LogP contribution in [0.15, 0.2) is 30.3 Å². The predicted octanol–water partition coefficient (Wildman–Crippen LogP) is 1.08. The molecule has 0 aromatic heterocycles. The van der Waals surface area contributed by atoms with Crippen LogP contribution in [-0.4, -0.2) is 19.6 Å². The van der Waals surface area contributed by atoms with E-state index in [1.54, 1.807) is 6.92 Å². The molecule has 0 heterocycles. The molecule has 1 rings (SSSR count). The zero-order valence-electron chi connectivity index (χ0n) is 8.49. The number of ether oxygens (including phenoxy) is 1. The van der Waals surface area contributed by atoms with E-state index in [-0.39, 0.29) is 12.5 Å². The van der Waals surface area contributed by atoms with Gasteiger partial charge in [0.2, 0.25) is 0 Å². The lowest BCUT2D eigenvalue weighted by atomic mass is 9.83. The molecule has 3 nitrogen and oxygen atoms in total. The molecule has 0 fully saturated rings. The highest BCUT2D eigenvalue weighted by atomic mass is 16.5. The van der Waals surface area contributed by atoms with E-state index in [1.165, 1.54) is 7.11 Å². The van der Waals surface area contributed by atoms with Crippen LogP contribution in [0, 0.1) is 0 Å². The van der Waals surface area contributed by atoms with Gasteiger partial charge in [-0.05, 0) is 12.5 Å². The SMILES string of the molecule is COC(=O)[C@@](C)(CN)c1ccccc1. The van der Waals surface area contributed by atoms with Crippen molar-refractivity contribution < 1.29 is 9.53 Å². The molecular weight excluding hydrogens is 178 g/mol. The van der Waals surface area contributed by atoms with Gasteiger partial charge in [0.25, 0.3) is 0 Å². The van der Waals surface area contributed by atoms with Gasteiger partial charge >= 0.3 is 5.97 Å². The van der Waals surface area contributed by atoms with Crippen molar-refractivity contribution in [1.29, 1.82) is 0 Å². The smallest absolute Gasteiger partial charge is 0.317 e. The van der Waals surface area contributed by atoms with Gasteiger partial charge in [0.05, 0.1) is 7.11 Å². The molecule has 14 heavy (non-hydrogen) atoms. The quantitative estimate of drug-likeness (QED) is 0.731. The third kappa shape index (κ3) is 1.77. The Labute approximate surface area is 83.9 Å². The number of hydrogen-bond donors (Lipinski definition) is 1. The largest absolute Gasteiger partial charge is 0.468 e. The third-order valence-electron chi connectivity index (χ3n) is 2.46. The number of rotatable bonds is 3. The number of hydrogen-bond acceptors (Lipinski definition) is 3. The molecule has 0 saturated heterocycles. The fraction of sp³-hybridized carbons (Fsp3) is 0.364. The molecule has 0 aliphatic heterocycles. The first-order valence-corrected chi connectivity index (χ1v) is 4.49. The van der Waals surface area contributed by atoms with Crippen molar-refractivity contribution in [3.05, 3.63) is 35.9 Å². The minimum Gasteiger partial charge on any atom is -0.468 e. The second-order valence-corrected chi connectivity index (χ2v) is 3.39. The highest BCUT2D eigenvalue weighted by Crippen LogP contribution is 2.23. The average molecular weight is 193 g/mol. The molecule has 0 amide bonds. The van der Waals surface area contributed by atoms with Crippen LogP contribution in [-0.2, 0) is 14.9 Å². The zero-order valence-corrected chi connectivity index (χ0v) is 8.49. The maximum Gasteiger partial charge on any atom is 0.317 e. The van der Waals surface area contributed by atoms with E-state index >= 15 is 0 Å². The number of esters is 1. The molecular formula is C11H15NO2. The summed E-state index contributed by atoms with van der Waals surface area (Å²) in [6, 6.07) is 9.42. The van der Waals surface area contributed by atoms with Gasteiger partial charge in [-0.1, -0.05) is 30.3 Å². The summed E-state index contributed by atoms with van der Waals surface area (Å²) in [5.74, 6) is -0.300. The Hall–Kier alpha value is -1.35. The standard InChI is InChI=1S/C11H15NO2/c1-11(8-12,10(13)14-2)9-6-4-3-5-7-9/h3-7H,8,12H2,1-2H3/t11-/m0/s1. The Balaban J connectivity index is 3.08. The van der Waals surface area contributed by atoms with Crippen LogP contribution in [0.4, 0.5) is 0 Å². The van der Waals surface area contributed by atoms with Gasteiger partial charge in [-0.2, -0.15) is 0 Å². The summed E-state index contributed by atoms with van der Waals surface area (Å²) in [6.45, 7) is 2.03. The summed E-state index contributed by atoms with van der Waals surface area (Å²) in [6.07, 6.45) is 0. The maximum atomic E-state index is 11.6. The second-order valence-electron chi connectivity index (χ2n) is 3.39. The lowest BCUT2D eigenvalue weighted by Crippen LogP contribution is -2.40. The van der Waals surface area contributed by atoms with Gasteiger partial charge in [0.15, 0.2) is 0 Å². The van der Waals surface area contributed by atoms with E-state index in [0.717, 1.165) is 5.56 Å². The van der Waals surface area contributed by atoms with Crippen molar-refractivity contribution in [3.63, 3.8) is 0 Å². The Morgan fingerprint density at radius 3 is 2.43 bits per heavy atom. The van der Waals surface area contributed by atoms with Gasteiger partial charge in [0.1, 0.15) is 5.41 Å². The van der Waals surface area contributed by atoms with E-state index in [2.05, 4.69) is 0 Å². The topological polar surface area (TPSA) is 52.3 Å². The van der Waals surface area contributed by atoms with Crippen molar-refractivity contribution in [2.45, 2.75) is 12.3 Å². The lowest BCUT2D eigenvalue weighted by Gasteiger charge is -2.25. The van der Waals surface area contributed by atoms with Gasteiger partial charge < -0.3 is 10.5 Å². The fourth-order valence-corrected chi connectivity index (χ4v) is 1.35. The van der Waals surface area contributed by atoms with Crippen LogP contribution >= 0.6 is 0 Å². The molecule has 0 unspecified atom stereocenters. The van der Waals surface area contributed by atoms with Crippen LogP contribution < -0.4 is 5.73 Å². The summed E-state index contributed by atoms with van der Waals surface area (Å²) in [7, 11) is 1.37. The monoisotopic (exact) mass is 193 g/mol. The molecule has 0 saturated carbocycles. The molecule has 0 spiro atoms. The Morgan fingerprint density at radius 2 is 2.00 bits per heavy atom. The summed E-state index contributed by atoms with van der Waals surface area (Å²) >= 11 is 0. The van der Waals surface area contributed by atoms with Crippen molar-refractivity contribution in [2.75, 3.05) is 13.7 Å². The number of methoxy groups -OCH3 is 1. The van der Waals surface area contributed by atoms with E-state index in [9.17, 15) is 4.79 Å². The van der Waals surface area contributed by atoms with Gasteiger partial charge in [-0.15, -0.1) is 0 Å². The number of benzene rings is 1. The number of carbonyl (C=O) groups excluding carboxylic acids is 1. The first-order valence-electron chi connectivity index (χ1n) is 4.49. The van der Waals surface area contributed by atoms with Crippen LogP contribution in [0.25, 0.3) is 0 Å². The van der Waals surface area contributed by atoms with Crippen LogP contribution in [0.5, 0.6) is 0 Å². The molecule has 1 aromatic carbocycles. The lowest BCUT2D eigenvalue weighted by molar-refractivity contribution is -0.146. The molecule has 0 bridgehead atoms. The molecule has 0 radical (unpaired) electrons. The molecule has 1 atom stereocenters. The van der Waals surface area contributed by atoms with Crippen LogP contribution in [0.2, 0.25) is 0 Å². The molecule has 76 valence electrons. The molecule has 2 N–H and O–H groups in total. The number of nitrogens with two attached hydrogens (primary N) is 1. The summed E-state index contributed by atoms with van der Waals surface area (Å²) in [5, 5.41) is 0. The first-order chi connectivity index (χ1) is 6.65. The van der Waals surface area contributed by atoms with Gasteiger partial charge in [0, 0.05) is 6.54 Å². The average Bonchev–Trinajstić information content (AvgIpc) is 2.28. The summed E-state index contributed by atoms with van der Waals surface area (Å²) in [4.78, 5) is 11.6. The Morgan fingerprint density at radius 1 is 1.43 bits per heavy atom. The Kier molecular flexibility index (Phi) is 3.25. The molecule has 3 heteroatoms. The molecule has 0 aliphatic rings. The van der Waals surface area contributed by atoms with Crippen molar-refractivity contribution in [3.8, 4) is 0 Å². The Bertz CT molecular complexity index is 310. The van der Waals surface area contributed by atoms with Gasteiger partial charge in [-0.3, -0.25) is 4.79 Å². The minimum absolute atomic E-state index is 0.240. The number of carbonyl (C=O) groups is 1. The maximum absolute atomic E-state index is 11.6. The normalized spacial score (nSPS) is 14.5. The van der Waals surface area contributed by atoms with E-state index in [0.29, 0.717) is 0 Å². The summed E-state index contributed by atoms with van der Waals surface area (Å²) < 4.78 is 4.74.